The lowest BCUT2D eigenvalue weighted by Crippen LogP contribution is -2.46. The van der Waals surface area contributed by atoms with E-state index in [1.807, 2.05) is 0 Å². The van der Waals surface area contributed by atoms with Crippen molar-refractivity contribution in [2.45, 2.75) is 19.4 Å². The third-order valence-corrected chi connectivity index (χ3v) is 4.09. The zero-order valence-electron chi connectivity index (χ0n) is 11.6. The molecule has 0 heterocycles. The standard InChI is InChI=1S/C13H18N2O5S/c1-2-21(19,20)14-9-12(16)15-11(13(17)18)8-10-6-4-3-5-7-10/h3-7,11,14H,2,8-9H2,1H3,(H,15,16)(H,17,18)/t11-/m1/s1. The molecule has 0 aliphatic rings. The van der Waals surface area contributed by atoms with E-state index in [1.165, 1.54) is 6.92 Å². The SMILES string of the molecule is CCS(=O)(=O)NCC(=O)N[C@H](Cc1ccccc1)C(=O)O. The molecule has 0 bridgehead atoms. The molecular weight excluding hydrogens is 296 g/mol. The van der Waals surface area contributed by atoms with Crippen LogP contribution in [0, 0.1) is 0 Å². The number of benzene rings is 1. The van der Waals surface area contributed by atoms with Crippen LogP contribution in [0.4, 0.5) is 0 Å². The van der Waals surface area contributed by atoms with Gasteiger partial charge >= 0.3 is 5.97 Å². The maximum absolute atomic E-state index is 11.6. The van der Waals surface area contributed by atoms with Crippen LogP contribution in [0.25, 0.3) is 0 Å². The van der Waals surface area contributed by atoms with Crippen LogP contribution in [0.2, 0.25) is 0 Å². The van der Waals surface area contributed by atoms with E-state index >= 15 is 0 Å². The predicted octanol–water partition coefficient (Wildman–Crippen LogP) is -0.262. The summed E-state index contributed by atoms with van der Waals surface area (Å²) in [5.41, 5.74) is 0.763. The van der Waals surface area contributed by atoms with Crippen LogP contribution in [0.15, 0.2) is 30.3 Å². The lowest BCUT2D eigenvalue weighted by molar-refractivity contribution is -0.141. The van der Waals surface area contributed by atoms with Crippen LogP contribution in [-0.2, 0) is 26.0 Å². The molecule has 0 radical (unpaired) electrons. The minimum Gasteiger partial charge on any atom is -0.480 e. The van der Waals surface area contributed by atoms with Gasteiger partial charge in [0.1, 0.15) is 6.04 Å². The molecule has 0 unspecified atom stereocenters. The van der Waals surface area contributed by atoms with E-state index in [4.69, 9.17) is 5.11 Å². The van der Waals surface area contributed by atoms with Gasteiger partial charge in [0.05, 0.1) is 12.3 Å². The molecule has 8 heteroatoms. The van der Waals surface area contributed by atoms with Gasteiger partial charge in [-0.25, -0.2) is 17.9 Å². The van der Waals surface area contributed by atoms with Crippen molar-refractivity contribution in [3.8, 4) is 0 Å². The first-order chi connectivity index (χ1) is 9.84. The molecular formula is C13H18N2O5S. The fourth-order valence-corrected chi connectivity index (χ4v) is 2.13. The highest BCUT2D eigenvalue weighted by Crippen LogP contribution is 2.03. The van der Waals surface area contributed by atoms with E-state index in [2.05, 4.69) is 10.0 Å². The third kappa shape index (κ3) is 6.37. The van der Waals surface area contributed by atoms with Crippen LogP contribution < -0.4 is 10.0 Å². The topological polar surface area (TPSA) is 113 Å². The first-order valence-corrected chi connectivity index (χ1v) is 8.02. The number of carbonyl (C=O) groups excluding carboxylic acids is 1. The average Bonchev–Trinajstić information content (AvgIpc) is 2.45. The van der Waals surface area contributed by atoms with Crippen molar-refractivity contribution in [2.24, 2.45) is 0 Å². The molecule has 1 aromatic carbocycles. The summed E-state index contributed by atoms with van der Waals surface area (Å²) in [5, 5.41) is 11.4. The largest absolute Gasteiger partial charge is 0.480 e. The second kappa shape index (κ2) is 7.75. The molecule has 0 saturated heterocycles. The monoisotopic (exact) mass is 314 g/mol. The highest BCUT2D eigenvalue weighted by atomic mass is 32.2. The van der Waals surface area contributed by atoms with Crippen LogP contribution in [0.5, 0.6) is 0 Å². The Morgan fingerprint density at radius 3 is 2.38 bits per heavy atom. The van der Waals surface area contributed by atoms with E-state index in [1.54, 1.807) is 30.3 Å². The van der Waals surface area contributed by atoms with Crippen LogP contribution in [0.3, 0.4) is 0 Å². The van der Waals surface area contributed by atoms with Crippen molar-refractivity contribution < 1.29 is 23.1 Å². The van der Waals surface area contributed by atoms with Crippen molar-refractivity contribution in [1.29, 1.82) is 0 Å². The summed E-state index contributed by atoms with van der Waals surface area (Å²) in [6.07, 6.45) is 0.127. The second-order valence-electron chi connectivity index (χ2n) is 4.37. The molecule has 7 nitrogen and oxygen atoms in total. The first-order valence-electron chi connectivity index (χ1n) is 6.37. The molecule has 1 rings (SSSR count). The number of carboxylic acid groups (broad SMARTS) is 1. The van der Waals surface area contributed by atoms with Gasteiger partial charge < -0.3 is 10.4 Å². The zero-order chi connectivity index (χ0) is 15.9. The van der Waals surface area contributed by atoms with Crippen molar-refractivity contribution in [1.82, 2.24) is 10.0 Å². The number of nitrogens with one attached hydrogen (secondary N) is 2. The van der Waals surface area contributed by atoms with Crippen molar-refractivity contribution in [3.05, 3.63) is 35.9 Å². The molecule has 0 aliphatic carbocycles. The van der Waals surface area contributed by atoms with Gasteiger partial charge in [0, 0.05) is 6.42 Å². The fraction of sp³-hybridized carbons (Fsp3) is 0.385. The summed E-state index contributed by atoms with van der Waals surface area (Å²) in [5.74, 6) is -2.01. The summed E-state index contributed by atoms with van der Waals surface area (Å²) in [7, 11) is -3.49. The summed E-state index contributed by atoms with van der Waals surface area (Å²) < 4.78 is 24.5. The molecule has 116 valence electrons. The summed E-state index contributed by atoms with van der Waals surface area (Å²) in [4.78, 5) is 22.8. The van der Waals surface area contributed by atoms with E-state index in [0.29, 0.717) is 0 Å². The Balaban J connectivity index is 2.59. The molecule has 1 atom stereocenters. The molecule has 1 aromatic rings. The van der Waals surface area contributed by atoms with Crippen LogP contribution in [-0.4, -0.2) is 43.7 Å². The Morgan fingerprint density at radius 1 is 1.24 bits per heavy atom. The molecule has 0 fully saturated rings. The minimum absolute atomic E-state index is 0.127. The number of sulfonamides is 1. The maximum Gasteiger partial charge on any atom is 0.326 e. The number of aliphatic carboxylic acids is 1. The van der Waals surface area contributed by atoms with Gasteiger partial charge in [-0.1, -0.05) is 30.3 Å². The van der Waals surface area contributed by atoms with E-state index in [9.17, 15) is 18.0 Å². The molecule has 1 amide bonds. The Labute approximate surface area is 123 Å². The van der Waals surface area contributed by atoms with Gasteiger partial charge in [0.2, 0.25) is 15.9 Å². The van der Waals surface area contributed by atoms with Gasteiger partial charge in [-0.3, -0.25) is 4.79 Å². The normalized spacial score (nSPS) is 12.6. The van der Waals surface area contributed by atoms with E-state index < -0.39 is 34.5 Å². The molecule has 0 aromatic heterocycles. The number of hydrogen-bond acceptors (Lipinski definition) is 4. The van der Waals surface area contributed by atoms with Gasteiger partial charge in [-0.2, -0.15) is 0 Å². The molecule has 0 spiro atoms. The van der Waals surface area contributed by atoms with E-state index in [-0.39, 0.29) is 12.2 Å². The Bertz CT molecular complexity index is 586. The summed E-state index contributed by atoms with van der Waals surface area (Å²) in [6, 6.07) is 7.74. The lowest BCUT2D eigenvalue weighted by atomic mass is 10.1. The van der Waals surface area contributed by atoms with Crippen molar-refractivity contribution >= 4 is 21.9 Å². The average molecular weight is 314 g/mol. The lowest BCUT2D eigenvalue weighted by Gasteiger charge is -2.15. The number of carbonyl (C=O) groups is 2. The predicted molar refractivity (Wildman–Crippen MR) is 77.2 cm³/mol. The van der Waals surface area contributed by atoms with Crippen LogP contribution >= 0.6 is 0 Å². The first kappa shape index (κ1) is 17.1. The Kier molecular flexibility index (Phi) is 6.32. The summed E-state index contributed by atoms with van der Waals surface area (Å²) >= 11 is 0. The highest BCUT2D eigenvalue weighted by molar-refractivity contribution is 7.89. The quantitative estimate of drug-likeness (QED) is 0.612. The number of hydrogen-bond donors (Lipinski definition) is 3. The Hall–Kier alpha value is -1.93. The number of amides is 1. The molecule has 3 N–H and O–H groups in total. The van der Waals surface area contributed by atoms with Crippen LogP contribution in [0.1, 0.15) is 12.5 Å². The van der Waals surface area contributed by atoms with Crippen molar-refractivity contribution in [3.63, 3.8) is 0 Å². The third-order valence-electron chi connectivity index (χ3n) is 2.75. The zero-order valence-corrected chi connectivity index (χ0v) is 12.4. The van der Waals surface area contributed by atoms with Gasteiger partial charge in [-0.05, 0) is 12.5 Å². The molecule has 21 heavy (non-hydrogen) atoms. The van der Waals surface area contributed by atoms with Gasteiger partial charge in [0.15, 0.2) is 0 Å². The minimum atomic E-state index is -3.49. The number of rotatable bonds is 8. The Morgan fingerprint density at radius 2 is 1.86 bits per heavy atom. The van der Waals surface area contributed by atoms with Gasteiger partial charge in [-0.15, -0.1) is 0 Å². The van der Waals surface area contributed by atoms with Crippen molar-refractivity contribution in [2.75, 3.05) is 12.3 Å². The highest BCUT2D eigenvalue weighted by Gasteiger charge is 2.21. The fourth-order valence-electron chi connectivity index (χ4n) is 1.57. The molecule has 0 saturated carbocycles. The number of carboxylic acids is 1. The van der Waals surface area contributed by atoms with Gasteiger partial charge in [0.25, 0.3) is 0 Å². The van der Waals surface area contributed by atoms with E-state index in [0.717, 1.165) is 5.56 Å². The second-order valence-corrected chi connectivity index (χ2v) is 6.47. The smallest absolute Gasteiger partial charge is 0.326 e. The molecule has 0 aliphatic heterocycles. The summed E-state index contributed by atoms with van der Waals surface area (Å²) in [6.45, 7) is 0.963. The maximum atomic E-state index is 11.6.